The molecule has 1 unspecified atom stereocenters. The predicted molar refractivity (Wildman–Crippen MR) is 83.4 cm³/mol. The average molecular weight is 341 g/mol. The second-order valence-electron chi connectivity index (χ2n) is 5.78. The molecule has 0 spiro atoms. The van der Waals surface area contributed by atoms with Crippen molar-refractivity contribution >= 4 is 21.6 Å². The first-order valence-electron chi connectivity index (χ1n) is 7.21. The Morgan fingerprint density at radius 3 is 2.61 bits per heavy atom. The highest BCUT2D eigenvalue weighted by molar-refractivity contribution is 7.89. The van der Waals surface area contributed by atoms with Crippen molar-refractivity contribution in [1.29, 1.82) is 0 Å². The summed E-state index contributed by atoms with van der Waals surface area (Å²) < 4.78 is 27.1. The minimum absolute atomic E-state index is 0.0857. The number of benzene rings is 1. The van der Waals surface area contributed by atoms with Crippen molar-refractivity contribution in [1.82, 2.24) is 9.62 Å². The fraction of sp³-hybridized carbons (Fsp3) is 0.500. The standard InChI is InChI=1S/C14H19N3O5S/c1-9(2)12-14(18)15-7-8-16(12)23(21,22)13-10(3)5-4-6-11(13)17(19)20/h4-6,9,12H,7-8H2,1-3H3,(H,15,18). The molecule has 1 aromatic rings. The van der Waals surface area contributed by atoms with Crippen LogP contribution in [0.2, 0.25) is 0 Å². The zero-order chi connectivity index (χ0) is 17.4. The molecule has 9 heteroatoms. The third-order valence-electron chi connectivity index (χ3n) is 3.80. The fourth-order valence-electron chi connectivity index (χ4n) is 2.80. The molecule has 1 N–H and O–H groups in total. The van der Waals surface area contributed by atoms with E-state index in [4.69, 9.17) is 0 Å². The molecular formula is C14H19N3O5S. The maximum absolute atomic E-state index is 13.0. The molecule has 2 rings (SSSR count). The van der Waals surface area contributed by atoms with Crippen LogP contribution in [0, 0.1) is 23.0 Å². The van der Waals surface area contributed by atoms with Gasteiger partial charge in [0.05, 0.1) is 4.92 Å². The van der Waals surface area contributed by atoms with Crippen LogP contribution in [0.15, 0.2) is 23.1 Å². The molecule has 0 bridgehead atoms. The number of hydrogen-bond acceptors (Lipinski definition) is 5. The lowest BCUT2D eigenvalue weighted by Crippen LogP contribution is -2.59. The molecule has 1 heterocycles. The highest BCUT2D eigenvalue weighted by Crippen LogP contribution is 2.32. The molecule has 1 aliphatic heterocycles. The summed E-state index contributed by atoms with van der Waals surface area (Å²) in [5.41, 5.74) is -0.189. The highest BCUT2D eigenvalue weighted by atomic mass is 32.2. The third-order valence-corrected chi connectivity index (χ3v) is 5.87. The van der Waals surface area contributed by atoms with E-state index in [0.717, 1.165) is 10.4 Å². The number of nitrogens with one attached hydrogen (secondary N) is 1. The van der Waals surface area contributed by atoms with Crippen molar-refractivity contribution in [2.75, 3.05) is 13.1 Å². The van der Waals surface area contributed by atoms with E-state index in [-0.39, 0.29) is 35.4 Å². The topological polar surface area (TPSA) is 110 Å². The van der Waals surface area contributed by atoms with Gasteiger partial charge >= 0.3 is 0 Å². The van der Waals surface area contributed by atoms with Gasteiger partial charge in [-0.15, -0.1) is 0 Å². The first-order chi connectivity index (χ1) is 10.7. The normalized spacial score (nSPS) is 19.7. The zero-order valence-corrected chi connectivity index (χ0v) is 14.0. The zero-order valence-electron chi connectivity index (χ0n) is 13.1. The van der Waals surface area contributed by atoms with Crippen molar-refractivity contribution in [2.24, 2.45) is 5.92 Å². The number of sulfonamides is 1. The van der Waals surface area contributed by atoms with E-state index in [0.29, 0.717) is 0 Å². The first-order valence-corrected chi connectivity index (χ1v) is 8.65. The van der Waals surface area contributed by atoms with Crippen LogP contribution in [0.4, 0.5) is 5.69 Å². The summed E-state index contributed by atoms with van der Waals surface area (Å²) in [7, 11) is -4.16. The first kappa shape index (κ1) is 17.4. The largest absolute Gasteiger partial charge is 0.353 e. The maximum Gasteiger partial charge on any atom is 0.289 e. The van der Waals surface area contributed by atoms with Gasteiger partial charge in [0.25, 0.3) is 15.7 Å². The number of nitro groups is 1. The van der Waals surface area contributed by atoms with E-state index in [9.17, 15) is 23.3 Å². The quantitative estimate of drug-likeness (QED) is 0.650. The molecular weight excluding hydrogens is 322 g/mol. The Bertz CT molecular complexity index is 745. The Morgan fingerprint density at radius 1 is 1.39 bits per heavy atom. The fourth-order valence-corrected chi connectivity index (χ4v) is 4.89. The summed E-state index contributed by atoms with van der Waals surface area (Å²) in [5, 5.41) is 13.9. The summed E-state index contributed by atoms with van der Waals surface area (Å²) in [6, 6.07) is 3.23. The molecule has 1 amide bonds. The number of carbonyl (C=O) groups excluding carboxylic acids is 1. The van der Waals surface area contributed by atoms with Crippen LogP contribution in [-0.4, -0.2) is 42.7 Å². The molecule has 8 nitrogen and oxygen atoms in total. The second-order valence-corrected chi connectivity index (χ2v) is 7.60. The Kier molecular flexibility index (Phi) is 4.71. The number of aryl methyl sites for hydroxylation is 1. The van der Waals surface area contributed by atoms with Gasteiger partial charge in [0, 0.05) is 19.2 Å². The molecule has 0 aromatic heterocycles. The van der Waals surface area contributed by atoms with Gasteiger partial charge in [-0.2, -0.15) is 4.31 Å². The SMILES string of the molecule is Cc1cccc([N+](=O)[O-])c1S(=O)(=O)N1CCNC(=O)C1C(C)C. The summed E-state index contributed by atoms with van der Waals surface area (Å²) >= 11 is 0. The van der Waals surface area contributed by atoms with Gasteiger partial charge in [-0.1, -0.05) is 26.0 Å². The molecule has 1 fully saturated rings. The van der Waals surface area contributed by atoms with Crippen LogP contribution in [-0.2, 0) is 14.8 Å². The Balaban J connectivity index is 2.62. The van der Waals surface area contributed by atoms with Crippen molar-refractivity contribution in [3.05, 3.63) is 33.9 Å². The van der Waals surface area contributed by atoms with Crippen molar-refractivity contribution in [3.63, 3.8) is 0 Å². The maximum atomic E-state index is 13.0. The van der Waals surface area contributed by atoms with E-state index in [1.54, 1.807) is 13.8 Å². The summed E-state index contributed by atoms with van der Waals surface area (Å²) in [5.74, 6) is -0.640. The number of carbonyl (C=O) groups is 1. The molecule has 0 saturated carbocycles. The van der Waals surface area contributed by atoms with Crippen molar-refractivity contribution < 1.29 is 18.1 Å². The second kappa shape index (κ2) is 6.25. The Morgan fingerprint density at radius 2 is 2.04 bits per heavy atom. The van der Waals surface area contributed by atoms with E-state index < -0.39 is 26.7 Å². The van der Waals surface area contributed by atoms with E-state index in [1.807, 2.05) is 0 Å². The molecule has 0 radical (unpaired) electrons. The smallest absolute Gasteiger partial charge is 0.289 e. The van der Waals surface area contributed by atoms with E-state index >= 15 is 0 Å². The molecule has 1 aliphatic rings. The van der Waals surface area contributed by atoms with Crippen LogP contribution < -0.4 is 5.32 Å². The minimum Gasteiger partial charge on any atom is -0.353 e. The van der Waals surface area contributed by atoms with Crippen molar-refractivity contribution in [3.8, 4) is 0 Å². The van der Waals surface area contributed by atoms with Crippen LogP contribution in [0.5, 0.6) is 0 Å². The third kappa shape index (κ3) is 3.06. The van der Waals surface area contributed by atoms with Gasteiger partial charge in [-0.3, -0.25) is 14.9 Å². The molecule has 0 aliphatic carbocycles. The van der Waals surface area contributed by atoms with Gasteiger partial charge < -0.3 is 5.32 Å². The van der Waals surface area contributed by atoms with Crippen LogP contribution in [0.1, 0.15) is 19.4 Å². The molecule has 126 valence electrons. The van der Waals surface area contributed by atoms with Gasteiger partial charge in [0.2, 0.25) is 5.91 Å². The minimum atomic E-state index is -4.16. The van der Waals surface area contributed by atoms with E-state index in [1.165, 1.54) is 19.1 Å². The lowest BCUT2D eigenvalue weighted by Gasteiger charge is -2.36. The number of nitro benzene ring substituents is 1. The Labute approximate surface area is 134 Å². The number of nitrogens with zero attached hydrogens (tertiary/aromatic N) is 2. The van der Waals surface area contributed by atoms with Crippen molar-refractivity contribution in [2.45, 2.75) is 31.7 Å². The molecule has 23 heavy (non-hydrogen) atoms. The van der Waals surface area contributed by atoms with E-state index in [2.05, 4.69) is 5.32 Å². The number of piperazine rings is 1. The number of amides is 1. The molecule has 1 aromatic carbocycles. The van der Waals surface area contributed by atoms with Crippen LogP contribution in [0.3, 0.4) is 0 Å². The number of rotatable bonds is 4. The summed E-state index contributed by atoms with van der Waals surface area (Å²) in [6.45, 7) is 5.26. The predicted octanol–water partition coefficient (Wildman–Crippen LogP) is 1.05. The molecule has 1 atom stereocenters. The van der Waals surface area contributed by atoms with Gasteiger partial charge in [0.15, 0.2) is 4.90 Å². The lowest BCUT2D eigenvalue weighted by molar-refractivity contribution is -0.388. The summed E-state index contributed by atoms with van der Waals surface area (Å²) in [6.07, 6.45) is 0. The monoisotopic (exact) mass is 341 g/mol. The van der Waals surface area contributed by atoms with Gasteiger partial charge in [0.1, 0.15) is 6.04 Å². The summed E-state index contributed by atoms with van der Waals surface area (Å²) in [4.78, 5) is 22.2. The Hall–Kier alpha value is -2.00. The van der Waals surface area contributed by atoms with Crippen LogP contribution >= 0.6 is 0 Å². The van der Waals surface area contributed by atoms with Gasteiger partial charge in [-0.25, -0.2) is 8.42 Å². The highest BCUT2D eigenvalue weighted by Gasteiger charge is 2.43. The van der Waals surface area contributed by atoms with Crippen LogP contribution in [0.25, 0.3) is 0 Å². The molecule has 1 saturated heterocycles. The number of hydrogen-bond donors (Lipinski definition) is 1. The lowest BCUT2D eigenvalue weighted by atomic mass is 10.0. The average Bonchev–Trinajstić information content (AvgIpc) is 2.45. The van der Waals surface area contributed by atoms with Gasteiger partial charge in [-0.05, 0) is 18.4 Å².